The molecule has 2 N–H and O–H groups in total. The van der Waals surface area contributed by atoms with Crippen molar-refractivity contribution in [2.24, 2.45) is 5.73 Å². The molecule has 3 rings (SSSR count). The predicted octanol–water partition coefficient (Wildman–Crippen LogP) is 1.37. The molecule has 0 spiro atoms. The number of ether oxygens (including phenoxy) is 3. The van der Waals surface area contributed by atoms with Crippen LogP contribution in [0.1, 0.15) is 0 Å². The van der Waals surface area contributed by atoms with E-state index < -0.39 is 0 Å². The van der Waals surface area contributed by atoms with Crippen molar-refractivity contribution in [1.29, 1.82) is 0 Å². The van der Waals surface area contributed by atoms with Crippen molar-refractivity contribution < 1.29 is 14.2 Å². The highest BCUT2D eigenvalue weighted by molar-refractivity contribution is 5.94. The lowest BCUT2D eigenvalue weighted by molar-refractivity contribution is 0.174. The molecule has 1 aromatic carbocycles. The van der Waals surface area contributed by atoms with Gasteiger partial charge in [-0.15, -0.1) is 0 Å². The van der Waals surface area contributed by atoms with Crippen molar-refractivity contribution >= 4 is 16.6 Å². The molecular formula is C15H19N3O3. The molecule has 0 radical (unpaired) electrons. The summed E-state index contributed by atoms with van der Waals surface area (Å²) in [6.07, 6.45) is 1.79. The molecule has 112 valence electrons. The summed E-state index contributed by atoms with van der Waals surface area (Å²) in [5.74, 6) is 2.40. The van der Waals surface area contributed by atoms with E-state index in [9.17, 15) is 0 Å². The maximum Gasteiger partial charge on any atom is 0.231 e. The quantitative estimate of drug-likeness (QED) is 0.896. The minimum Gasteiger partial charge on any atom is -0.454 e. The van der Waals surface area contributed by atoms with Gasteiger partial charge in [-0.1, -0.05) is 0 Å². The number of pyridine rings is 1. The van der Waals surface area contributed by atoms with Gasteiger partial charge < -0.3 is 24.8 Å². The Morgan fingerprint density at radius 2 is 2.14 bits per heavy atom. The number of hydrogen-bond acceptors (Lipinski definition) is 6. The number of aromatic nitrogens is 1. The lowest BCUT2D eigenvalue weighted by atomic mass is 10.1. The van der Waals surface area contributed by atoms with Crippen LogP contribution in [-0.4, -0.2) is 45.1 Å². The molecule has 1 unspecified atom stereocenters. The number of fused-ring (bicyclic) bond motifs is 2. The summed E-state index contributed by atoms with van der Waals surface area (Å²) in [5.41, 5.74) is 6.02. The molecule has 1 aromatic heterocycles. The molecule has 0 amide bonds. The summed E-state index contributed by atoms with van der Waals surface area (Å²) in [4.78, 5) is 6.51. The Bertz CT molecular complexity index is 647. The molecule has 0 saturated heterocycles. The van der Waals surface area contributed by atoms with Crippen molar-refractivity contribution in [2.45, 2.75) is 6.04 Å². The first-order chi connectivity index (χ1) is 10.2. The number of nitrogens with zero attached hydrogens (tertiary/aromatic N) is 2. The van der Waals surface area contributed by atoms with Crippen molar-refractivity contribution in [3.8, 4) is 11.5 Å². The summed E-state index contributed by atoms with van der Waals surface area (Å²) >= 11 is 0. The van der Waals surface area contributed by atoms with E-state index in [1.54, 1.807) is 13.3 Å². The summed E-state index contributed by atoms with van der Waals surface area (Å²) in [5, 5.41) is 2.09. The van der Waals surface area contributed by atoms with Gasteiger partial charge in [-0.2, -0.15) is 0 Å². The fourth-order valence-corrected chi connectivity index (χ4v) is 2.56. The van der Waals surface area contributed by atoms with E-state index in [4.69, 9.17) is 19.9 Å². The van der Waals surface area contributed by atoms with E-state index in [1.807, 2.05) is 30.1 Å². The first kappa shape index (κ1) is 13.9. The second kappa shape index (κ2) is 5.75. The van der Waals surface area contributed by atoms with E-state index >= 15 is 0 Å². The zero-order chi connectivity index (χ0) is 14.8. The Balaban J connectivity index is 1.94. The molecule has 6 nitrogen and oxygen atoms in total. The number of benzene rings is 1. The summed E-state index contributed by atoms with van der Waals surface area (Å²) in [6, 6.07) is 5.85. The predicted molar refractivity (Wildman–Crippen MR) is 81.0 cm³/mol. The van der Waals surface area contributed by atoms with Gasteiger partial charge in [-0.05, 0) is 23.6 Å². The summed E-state index contributed by atoms with van der Waals surface area (Å²) in [6.45, 7) is 1.44. The normalized spacial score (nSPS) is 14.4. The molecule has 0 fully saturated rings. The lowest BCUT2D eigenvalue weighted by Crippen LogP contribution is -2.38. The minimum atomic E-state index is -0.0638. The van der Waals surface area contributed by atoms with E-state index in [0.29, 0.717) is 13.2 Å². The molecule has 0 aliphatic carbocycles. The molecule has 21 heavy (non-hydrogen) atoms. The zero-order valence-electron chi connectivity index (χ0n) is 12.2. The van der Waals surface area contributed by atoms with Crippen LogP contribution < -0.4 is 20.1 Å². The highest BCUT2D eigenvalue weighted by Crippen LogP contribution is 2.38. The second-order valence-corrected chi connectivity index (χ2v) is 5.16. The molecule has 1 aliphatic rings. The van der Waals surface area contributed by atoms with Gasteiger partial charge in [0.2, 0.25) is 6.79 Å². The van der Waals surface area contributed by atoms with Crippen LogP contribution in [0.2, 0.25) is 0 Å². The first-order valence-electron chi connectivity index (χ1n) is 6.83. The van der Waals surface area contributed by atoms with Gasteiger partial charge in [-0.25, -0.2) is 4.98 Å². The Hall–Kier alpha value is -2.05. The topological polar surface area (TPSA) is 69.8 Å². The number of methoxy groups -OCH3 is 1. The van der Waals surface area contributed by atoms with Crippen LogP contribution in [0.15, 0.2) is 24.4 Å². The number of likely N-dealkylation sites (N-methyl/N-ethyl adjacent to an activating group) is 1. The van der Waals surface area contributed by atoms with Gasteiger partial charge in [0.05, 0.1) is 6.61 Å². The Morgan fingerprint density at radius 3 is 2.90 bits per heavy atom. The van der Waals surface area contributed by atoms with Crippen LogP contribution in [0.5, 0.6) is 11.5 Å². The van der Waals surface area contributed by atoms with Gasteiger partial charge in [0.1, 0.15) is 5.82 Å². The third kappa shape index (κ3) is 2.72. The van der Waals surface area contributed by atoms with E-state index in [-0.39, 0.29) is 12.8 Å². The maximum absolute atomic E-state index is 6.02. The fourth-order valence-electron chi connectivity index (χ4n) is 2.56. The SMILES string of the molecule is COCC(N)CN(C)c1nccc2cc3c(cc12)OCO3. The maximum atomic E-state index is 6.02. The van der Waals surface area contributed by atoms with Gasteiger partial charge in [0.15, 0.2) is 11.5 Å². The molecule has 1 atom stereocenters. The van der Waals surface area contributed by atoms with Gasteiger partial charge >= 0.3 is 0 Å². The largest absolute Gasteiger partial charge is 0.454 e. The Morgan fingerprint density at radius 1 is 1.38 bits per heavy atom. The van der Waals surface area contributed by atoms with Gasteiger partial charge in [-0.3, -0.25) is 0 Å². The lowest BCUT2D eigenvalue weighted by Gasteiger charge is -2.23. The van der Waals surface area contributed by atoms with Crippen molar-refractivity contribution in [2.75, 3.05) is 39.0 Å². The molecule has 2 aromatic rings. The van der Waals surface area contributed by atoms with Crippen LogP contribution >= 0.6 is 0 Å². The monoisotopic (exact) mass is 289 g/mol. The average Bonchev–Trinajstić information content (AvgIpc) is 2.91. The van der Waals surface area contributed by atoms with Crippen molar-refractivity contribution in [3.63, 3.8) is 0 Å². The van der Waals surface area contributed by atoms with Crippen LogP contribution in [0.3, 0.4) is 0 Å². The highest BCUT2D eigenvalue weighted by Gasteiger charge is 2.18. The number of nitrogens with two attached hydrogens (primary N) is 1. The first-order valence-corrected chi connectivity index (χ1v) is 6.83. The summed E-state index contributed by atoms with van der Waals surface area (Å²) < 4.78 is 15.9. The smallest absolute Gasteiger partial charge is 0.231 e. The van der Waals surface area contributed by atoms with E-state index in [0.717, 1.165) is 28.1 Å². The summed E-state index contributed by atoms with van der Waals surface area (Å²) in [7, 11) is 3.62. The van der Waals surface area contributed by atoms with Crippen LogP contribution in [0.25, 0.3) is 10.8 Å². The van der Waals surface area contributed by atoms with E-state index in [2.05, 4.69) is 4.98 Å². The number of anilines is 1. The molecule has 2 heterocycles. The molecular weight excluding hydrogens is 270 g/mol. The van der Waals surface area contributed by atoms with Crippen molar-refractivity contribution in [3.05, 3.63) is 24.4 Å². The Kier molecular flexibility index (Phi) is 3.81. The molecule has 6 heteroatoms. The molecule has 0 bridgehead atoms. The van der Waals surface area contributed by atoms with Gasteiger partial charge in [0.25, 0.3) is 0 Å². The third-order valence-corrected chi connectivity index (χ3v) is 3.49. The number of rotatable bonds is 5. The average molecular weight is 289 g/mol. The standard InChI is InChI=1S/C15H19N3O3/c1-18(7-11(16)8-19-2)15-12-6-14-13(20-9-21-14)5-10(12)3-4-17-15/h3-6,11H,7-9,16H2,1-2H3. The van der Waals surface area contributed by atoms with Crippen LogP contribution in [-0.2, 0) is 4.74 Å². The second-order valence-electron chi connectivity index (χ2n) is 5.16. The van der Waals surface area contributed by atoms with Crippen LogP contribution in [0, 0.1) is 0 Å². The van der Waals surface area contributed by atoms with Crippen molar-refractivity contribution in [1.82, 2.24) is 4.98 Å². The third-order valence-electron chi connectivity index (χ3n) is 3.49. The minimum absolute atomic E-state index is 0.0638. The number of hydrogen-bond donors (Lipinski definition) is 1. The van der Waals surface area contributed by atoms with Gasteiger partial charge in [0, 0.05) is 38.3 Å². The molecule has 1 aliphatic heterocycles. The fraction of sp³-hybridized carbons (Fsp3) is 0.400. The zero-order valence-corrected chi connectivity index (χ0v) is 12.2. The molecule has 0 saturated carbocycles. The highest BCUT2D eigenvalue weighted by atomic mass is 16.7. The van der Waals surface area contributed by atoms with Crippen LogP contribution in [0.4, 0.5) is 5.82 Å². The van der Waals surface area contributed by atoms with E-state index in [1.165, 1.54) is 0 Å². The Labute approximate surface area is 123 Å².